The Balaban J connectivity index is 1.63. The lowest BCUT2D eigenvalue weighted by molar-refractivity contribution is -0.111. The summed E-state index contributed by atoms with van der Waals surface area (Å²) in [5.74, 6) is 0.699. The van der Waals surface area contributed by atoms with Crippen LogP contribution in [0.2, 0.25) is 0 Å². The van der Waals surface area contributed by atoms with Gasteiger partial charge in [-0.1, -0.05) is 30.3 Å². The summed E-state index contributed by atoms with van der Waals surface area (Å²) in [5.41, 5.74) is 2.77. The molecule has 0 fully saturated rings. The minimum absolute atomic E-state index is 0.133. The molecule has 4 rings (SSSR count). The second-order valence-corrected chi connectivity index (χ2v) is 5.66. The van der Waals surface area contributed by atoms with Crippen LogP contribution in [0.15, 0.2) is 67.0 Å². The van der Waals surface area contributed by atoms with Gasteiger partial charge < -0.3 is 10.1 Å². The fourth-order valence-electron chi connectivity index (χ4n) is 2.97. The van der Waals surface area contributed by atoms with Gasteiger partial charge >= 0.3 is 0 Å². The van der Waals surface area contributed by atoms with Crippen LogP contribution >= 0.6 is 0 Å². The summed E-state index contributed by atoms with van der Waals surface area (Å²) in [6.07, 6.45) is 5.91. The van der Waals surface area contributed by atoms with Gasteiger partial charge in [-0.05, 0) is 23.8 Å². The van der Waals surface area contributed by atoms with Crippen molar-refractivity contribution in [1.29, 1.82) is 0 Å². The van der Waals surface area contributed by atoms with E-state index in [4.69, 9.17) is 4.74 Å². The van der Waals surface area contributed by atoms with E-state index in [-0.39, 0.29) is 5.91 Å². The first-order valence-corrected chi connectivity index (χ1v) is 7.88. The number of carbonyl (C=O) groups is 1. The predicted molar refractivity (Wildman–Crippen MR) is 94.9 cm³/mol. The standard InChI is InChI=1S/C20H16N2O2/c23-20(12-14-9-11-24-19-7-2-1-5-17(14)19)22-18-6-3-4-15-13-21-10-8-16(15)18/h1-8,10,12-13H,9,11H2,(H,22,23). The molecule has 0 saturated carbocycles. The second kappa shape index (κ2) is 6.16. The Morgan fingerprint density at radius 1 is 1.12 bits per heavy atom. The lowest BCUT2D eigenvalue weighted by Crippen LogP contribution is -2.12. The monoisotopic (exact) mass is 316 g/mol. The maximum absolute atomic E-state index is 12.5. The maximum Gasteiger partial charge on any atom is 0.248 e. The largest absolute Gasteiger partial charge is 0.493 e. The van der Waals surface area contributed by atoms with Crippen LogP contribution in [-0.4, -0.2) is 17.5 Å². The van der Waals surface area contributed by atoms with Crippen LogP contribution in [0.4, 0.5) is 5.69 Å². The van der Waals surface area contributed by atoms with Gasteiger partial charge in [-0.3, -0.25) is 9.78 Å². The third kappa shape index (κ3) is 2.74. The molecular weight excluding hydrogens is 300 g/mol. The molecule has 118 valence electrons. The highest BCUT2D eigenvalue weighted by atomic mass is 16.5. The quantitative estimate of drug-likeness (QED) is 0.726. The minimum atomic E-state index is -0.133. The van der Waals surface area contributed by atoms with Gasteiger partial charge in [0.25, 0.3) is 0 Å². The van der Waals surface area contributed by atoms with E-state index in [0.29, 0.717) is 6.61 Å². The number of rotatable bonds is 2. The maximum atomic E-state index is 12.5. The number of hydrogen-bond donors (Lipinski definition) is 1. The molecule has 0 saturated heterocycles. The molecule has 2 aromatic carbocycles. The Morgan fingerprint density at radius 2 is 2.04 bits per heavy atom. The van der Waals surface area contributed by atoms with E-state index in [2.05, 4.69) is 10.3 Å². The summed E-state index contributed by atoms with van der Waals surface area (Å²) >= 11 is 0. The first-order chi connectivity index (χ1) is 11.8. The van der Waals surface area contributed by atoms with E-state index in [1.54, 1.807) is 18.5 Å². The summed E-state index contributed by atoms with van der Waals surface area (Å²) in [6.45, 7) is 0.593. The van der Waals surface area contributed by atoms with Crippen molar-refractivity contribution in [2.75, 3.05) is 11.9 Å². The van der Waals surface area contributed by atoms with Gasteiger partial charge in [-0.15, -0.1) is 0 Å². The molecule has 0 spiro atoms. The summed E-state index contributed by atoms with van der Waals surface area (Å²) < 4.78 is 5.63. The molecule has 2 heterocycles. The van der Waals surface area contributed by atoms with E-state index in [0.717, 1.165) is 39.8 Å². The average Bonchev–Trinajstić information content (AvgIpc) is 2.62. The van der Waals surface area contributed by atoms with E-state index in [1.807, 2.05) is 48.5 Å². The van der Waals surface area contributed by atoms with Crippen molar-refractivity contribution in [3.63, 3.8) is 0 Å². The number of nitrogens with zero attached hydrogens (tertiary/aromatic N) is 1. The van der Waals surface area contributed by atoms with Crippen molar-refractivity contribution in [1.82, 2.24) is 4.98 Å². The Bertz CT molecular complexity index is 942. The third-order valence-electron chi connectivity index (χ3n) is 4.11. The molecule has 1 aliphatic rings. The zero-order valence-corrected chi connectivity index (χ0v) is 13.0. The summed E-state index contributed by atoms with van der Waals surface area (Å²) in [6, 6.07) is 15.5. The van der Waals surface area contributed by atoms with Gasteiger partial charge in [0.2, 0.25) is 5.91 Å². The molecule has 0 radical (unpaired) electrons. The molecule has 1 aromatic heterocycles. The van der Waals surface area contributed by atoms with E-state index in [1.165, 1.54) is 0 Å². The molecule has 1 aliphatic heterocycles. The van der Waals surface area contributed by atoms with Crippen molar-refractivity contribution in [3.05, 3.63) is 72.6 Å². The van der Waals surface area contributed by atoms with Gasteiger partial charge in [0.05, 0.1) is 6.61 Å². The van der Waals surface area contributed by atoms with Crippen molar-refractivity contribution < 1.29 is 9.53 Å². The van der Waals surface area contributed by atoms with Gasteiger partial charge in [0, 0.05) is 46.9 Å². The highest BCUT2D eigenvalue weighted by Gasteiger charge is 2.15. The number of fused-ring (bicyclic) bond motifs is 2. The number of hydrogen-bond acceptors (Lipinski definition) is 3. The van der Waals surface area contributed by atoms with Crippen LogP contribution in [0.3, 0.4) is 0 Å². The topological polar surface area (TPSA) is 51.2 Å². The van der Waals surface area contributed by atoms with Crippen LogP contribution in [0.1, 0.15) is 12.0 Å². The molecular formula is C20H16N2O2. The van der Waals surface area contributed by atoms with Crippen LogP contribution in [0.5, 0.6) is 5.75 Å². The van der Waals surface area contributed by atoms with Crippen LogP contribution in [-0.2, 0) is 4.79 Å². The molecule has 3 aromatic rings. The van der Waals surface area contributed by atoms with Crippen LogP contribution < -0.4 is 10.1 Å². The van der Waals surface area contributed by atoms with E-state index >= 15 is 0 Å². The number of carbonyl (C=O) groups excluding carboxylic acids is 1. The Morgan fingerprint density at radius 3 is 3.00 bits per heavy atom. The number of anilines is 1. The number of ether oxygens (including phenoxy) is 1. The number of nitrogens with one attached hydrogen (secondary N) is 1. The molecule has 24 heavy (non-hydrogen) atoms. The fourth-order valence-corrected chi connectivity index (χ4v) is 2.97. The van der Waals surface area contributed by atoms with Crippen molar-refractivity contribution in [2.24, 2.45) is 0 Å². The lowest BCUT2D eigenvalue weighted by Gasteiger charge is -2.19. The highest BCUT2D eigenvalue weighted by molar-refractivity contribution is 6.08. The SMILES string of the molecule is O=C(C=C1CCOc2ccccc21)Nc1cccc2cnccc12. The number of benzene rings is 2. The summed E-state index contributed by atoms with van der Waals surface area (Å²) in [4.78, 5) is 16.6. The zero-order valence-electron chi connectivity index (χ0n) is 13.0. The molecule has 0 bridgehead atoms. The van der Waals surface area contributed by atoms with Gasteiger partial charge in [-0.25, -0.2) is 0 Å². The molecule has 0 atom stereocenters. The Hall–Kier alpha value is -3.14. The van der Waals surface area contributed by atoms with Gasteiger partial charge in [-0.2, -0.15) is 0 Å². The van der Waals surface area contributed by atoms with E-state index in [9.17, 15) is 4.79 Å². The van der Waals surface area contributed by atoms with Crippen molar-refractivity contribution >= 4 is 27.9 Å². The molecule has 1 N–H and O–H groups in total. The predicted octanol–water partition coefficient (Wildman–Crippen LogP) is 4.04. The second-order valence-electron chi connectivity index (χ2n) is 5.66. The number of pyridine rings is 1. The van der Waals surface area contributed by atoms with Crippen LogP contribution in [0, 0.1) is 0 Å². The van der Waals surface area contributed by atoms with Crippen LogP contribution in [0.25, 0.3) is 16.3 Å². The zero-order chi connectivity index (χ0) is 16.4. The Labute approximate surface area is 139 Å². The highest BCUT2D eigenvalue weighted by Crippen LogP contribution is 2.32. The first kappa shape index (κ1) is 14.5. The number of amides is 1. The molecule has 4 heteroatoms. The summed E-state index contributed by atoms with van der Waals surface area (Å²) in [7, 11) is 0. The number of aromatic nitrogens is 1. The van der Waals surface area contributed by atoms with E-state index < -0.39 is 0 Å². The Kier molecular flexibility index (Phi) is 3.71. The molecule has 0 unspecified atom stereocenters. The molecule has 0 aliphatic carbocycles. The number of para-hydroxylation sites is 1. The summed E-state index contributed by atoms with van der Waals surface area (Å²) in [5, 5.41) is 4.96. The fraction of sp³-hybridized carbons (Fsp3) is 0.100. The lowest BCUT2D eigenvalue weighted by atomic mass is 9.99. The van der Waals surface area contributed by atoms with Crippen molar-refractivity contribution in [3.8, 4) is 5.75 Å². The smallest absolute Gasteiger partial charge is 0.248 e. The van der Waals surface area contributed by atoms with Gasteiger partial charge in [0.1, 0.15) is 5.75 Å². The molecule has 4 nitrogen and oxygen atoms in total. The first-order valence-electron chi connectivity index (χ1n) is 7.88. The minimum Gasteiger partial charge on any atom is -0.493 e. The van der Waals surface area contributed by atoms with Gasteiger partial charge in [0.15, 0.2) is 0 Å². The van der Waals surface area contributed by atoms with Crippen molar-refractivity contribution in [2.45, 2.75) is 6.42 Å². The normalized spacial score (nSPS) is 14.9. The third-order valence-corrected chi connectivity index (χ3v) is 4.11. The average molecular weight is 316 g/mol. The molecule has 1 amide bonds.